The molecule has 0 fully saturated rings. The molecule has 3 aromatic carbocycles. The summed E-state index contributed by atoms with van der Waals surface area (Å²) in [6.45, 7) is 0. The molecule has 0 aliphatic carbocycles. The number of carbonyl (C=O) groups is 1. The van der Waals surface area contributed by atoms with Crippen LogP contribution in [-0.2, 0) is 11.2 Å². The molecule has 178 valence electrons. The van der Waals surface area contributed by atoms with Crippen molar-refractivity contribution in [2.45, 2.75) is 12.3 Å². The minimum absolute atomic E-state index is 0.0615. The summed E-state index contributed by atoms with van der Waals surface area (Å²) in [5.41, 5.74) is 0.404. The standard InChI is InChI=1S/C25H15Cl2N5O4/c26-18-9-14(32-25(35)30-24(34)21(12-28)31-32)10-19(27)22(18)36-15-6-7-20-16(11-15)17(23(33)29-20)8-13-4-2-1-3-5-13/h1-7,9-11,17H,8H2,(H,29,33)(H,30,34,35). The van der Waals surface area contributed by atoms with Crippen molar-refractivity contribution in [3.05, 3.63) is 108 Å². The Kier molecular flexibility index (Phi) is 6.06. The van der Waals surface area contributed by atoms with E-state index in [1.54, 1.807) is 24.3 Å². The van der Waals surface area contributed by atoms with Crippen molar-refractivity contribution in [3.8, 4) is 23.3 Å². The number of nitriles is 1. The normalized spacial score (nSPS) is 14.1. The molecule has 11 heteroatoms. The van der Waals surface area contributed by atoms with E-state index in [0.29, 0.717) is 17.9 Å². The topological polar surface area (TPSA) is 130 Å². The van der Waals surface area contributed by atoms with Crippen molar-refractivity contribution in [2.75, 3.05) is 5.32 Å². The zero-order chi connectivity index (χ0) is 25.4. The number of carbonyl (C=O) groups excluding carboxylic acids is 1. The Bertz CT molecular complexity index is 1650. The van der Waals surface area contributed by atoms with Crippen LogP contribution in [0.1, 0.15) is 22.7 Å². The molecule has 1 aromatic heterocycles. The number of amides is 1. The number of benzene rings is 3. The van der Waals surface area contributed by atoms with Crippen molar-refractivity contribution in [3.63, 3.8) is 0 Å². The summed E-state index contributed by atoms with van der Waals surface area (Å²) in [6.07, 6.45) is 0.533. The van der Waals surface area contributed by atoms with Crippen LogP contribution in [0, 0.1) is 11.3 Å². The maximum Gasteiger partial charge on any atom is 0.349 e. The predicted octanol–water partition coefficient (Wildman–Crippen LogP) is 4.17. The minimum atomic E-state index is -0.897. The van der Waals surface area contributed by atoms with Crippen LogP contribution in [0.25, 0.3) is 5.69 Å². The van der Waals surface area contributed by atoms with Crippen LogP contribution in [0.2, 0.25) is 10.0 Å². The number of rotatable bonds is 5. The van der Waals surface area contributed by atoms with Gasteiger partial charge in [-0.1, -0.05) is 53.5 Å². The highest BCUT2D eigenvalue weighted by Crippen LogP contribution is 2.41. The molecule has 1 aliphatic heterocycles. The second-order valence-corrected chi connectivity index (χ2v) is 8.77. The Labute approximate surface area is 213 Å². The Morgan fingerprint density at radius 1 is 1.03 bits per heavy atom. The van der Waals surface area contributed by atoms with E-state index in [0.717, 1.165) is 15.8 Å². The van der Waals surface area contributed by atoms with Crippen molar-refractivity contribution >= 4 is 34.8 Å². The van der Waals surface area contributed by atoms with E-state index in [1.807, 2.05) is 35.3 Å². The second kappa shape index (κ2) is 9.34. The fourth-order valence-corrected chi connectivity index (χ4v) is 4.51. The smallest absolute Gasteiger partial charge is 0.349 e. The van der Waals surface area contributed by atoms with Gasteiger partial charge < -0.3 is 10.1 Å². The zero-order valence-corrected chi connectivity index (χ0v) is 19.8. The van der Waals surface area contributed by atoms with Crippen molar-refractivity contribution < 1.29 is 9.53 Å². The summed E-state index contributed by atoms with van der Waals surface area (Å²) < 4.78 is 6.77. The average molecular weight is 520 g/mol. The van der Waals surface area contributed by atoms with E-state index in [-0.39, 0.29) is 33.3 Å². The largest absolute Gasteiger partial charge is 0.454 e. The monoisotopic (exact) mass is 519 g/mol. The van der Waals surface area contributed by atoms with Crippen LogP contribution in [0.15, 0.2) is 70.3 Å². The maximum atomic E-state index is 12.6. The first-order valence-corrected chi connectivity index (χ1v) is 11.4. The third-order valence-electron chi connectivity index (χ3n) is 5.64. The number of ether oxygens (including phenoxy) is 1. The molecule has 36 heavy (non-hydrogen) atoms. The molecule has 9 nitrogen and oxygen atoms in total. The van der Waals surface area contributed by atoms with Gasteiger partial charge in [0, 0.05) is 5.69 Å². The summed E-state index contributed by atoms with van der Waals surface area (Å²) in [7, 11) is 0. The van der Waals surface area contributed by atoms with E-state index in [4.69, 9.17) is 33.2 Å². The van der Waals surface area contributed by atoms with Crippen LogP contribution in [0.5, 0.6) is 11.5 Å². The second-order valence-electron chi connectivity index (χ2n) is 7.95. The number of aromatic amines is 1. The van der Waals surface area contributed by atoms with Crippen LogP contribution < -0.4 is 21.3 Å². The molecule has 1 unspecified atom stereocenters. The fourth-order valence-electron chi connectivity index (χ4n) is 3.95. The van der Waals surface area contributed by atoms with Gasteiger partial charge in [0.1, 0.15) is 11.8 Å². The van der Waals surface area contributed by atoms with Gasteiger partial charge in [0.05, 0.1) is 21.7 Å². The summed E-state index contributed by atoms with van der Waals surface area (Å²) in [4.78, 5) is 38.4. The number of halogens is 2. The number of H-pyrrole nitrogens is 1. The third kappa shape index (κ3) is 4.35. The first-order valence-electron chi connectivity index (χ1n) is 10.6. The molecule has 0 saturated carbocycles. The summed E-state index contributed by atoms with van der Waals surface area (Å²) in [5.74, 6) is 0.0525. The number of aromatic nitrogens is 3. The van der Waals surface area contributed by atoms with E-state index >= 15 is 0 Å². The SMILES string of the molecule is N#Cc1nn(-c2cc(Cl)c(Oc3ccc4c(c3)C(Cc3ccccc3)C(=O)N4)c(Cl)c2)c(=O)[nH]c1=O. The highest BCUT2D eigenvalue weighted by molar-refractivity contribution is 6.37. The lowest BCUT2D eigenvalue weighted by molar-refractivity contribution is -0.117. The van der Waals surface area contributed by atoms with Gasteiger partial charge in [-0.3, -0.25) is 14.6 Å². The number of hydrogen-bond donors (Lipinski definition) is 2. The Hall–Kier alpha value is -4.39. The van der Waals surface area contributed by atoms with Crippen LogP contribution in [0.3, 0.4) is 0 Å². The van der Waals surface area contributed by atoms with Crippen LogP contribution in [0.4, 0.5) is 5.69 Å². The molecular weight excluding hydrogens is 505 g/mol. The van der Waals surface area contributed by atoms with Gasteiger partial charge >= 0.3 is 5.69 Å². The van der Waals surface area contributed by atoms with E-state index in [9.17, 15) is 14.4 Å². The zero-order valence-electron chi connectivity index (χ0n) is 18.3. The molecule has 0 radical (unpaired) electrons. The number of nitrogens with zero attached hydrogens (tertiary/aromatic N) is 3. The van der Waals surface area contributed by atoms with Crippen LogP contribution in [-0.4, -0.2) is 20.7 Å². The van der Waals surface area contributed by atoms with Gasteiger partial charge in [0.2, 0.25) is 11.6 Å². The lowest BCUT2D eigenvalue weighted by Crippen LogP contribution is -2.33. The third-order valence-corrected chi connectivity index (χ3v) is 6.20. The molecule has 2 N–H and O–H groups in total. The molecule has 5 rings (SSSR count). The van der Waals surface area contributed by atoms with Gasteiger partial charge in [-0.05, 0) is 47.9 Å². The molecule has 4 aromatic rings. The molecule has 2 heterocycles. The van der Waals surface area contributed by atoms with Crippen molar-refractivity contribution in [1.82, 2.24) is 14.8 Å². The highest BCUT2D eigenvalue weighted by atomic mass is 35.5. The Morgan fingerprint density at radius 2 is 1.75 bits per heavy atom. The lowest BCUT2D eigenvalue weighted by Gasteiger charge is -2.14. The molecule has 1 aliphatic rings. The first kappa shape index (κ1) is 23.4. The highest BCUT2D eigenvalue weighted by Gasteiger charge is 2.31. The molecule has 1 atom stereocenters. The molecular formula is C25H15Cl2N5O4. The minimum Gasteiger partial charge on any atom is -0.454 e. The van der Waals surface area contributed by atoms with Gasteiger partial charge in [0.15, 0.2) is 5.75 Å². The Morgan fingerprint density at radius 3 is 2.44 bits per heavy atom. The maximum absolute atomic E-state index is 12.6. The van der Waals surface area contributed by atoms with E-state index < -0.39 is 16.9 Å². The number of nitrogens with one attached hydrogen (secondary N) is 2. The van der Waals surface area contributed by atoms with Crippen LogP contribution >= 0.6 is 23.2 Å². The quantitative estimate of drug-likeness (QED) is 0.406. The molecule has 0 bridgehead atoms. The number of fused-ring (bicyclic) bond motifs is 1. The van der Waals surface area contributed by atoms with E-state index in [2.05, 4.69) is 10.4 Å². The molecule has 1 amide bonds. The molecule has 0 spiro atoms. The van der Waals surface area contributed by atoms with Gasteiger partial charge in [0.25, 0.3) is 5.56 Å². The van der Waals surface area contributed by atoms with Gasteiger partial charge in [-0.25, -0.2) is 4.79 Å². The van der Waals surface area contributed by atoms with Gasteiger partial charge in [-0.15, -0.1) is 5.10 Å². The predicted molar refractivity (Wildman–Crippen MR) is 133 cm³/mol. The number of anilines is 1. The van der Waals surface area contributed by atoms with E-state index in [1.165, 1.54) is 12.1 Å². The lowest BCUT2D eigenvalue weighted by atomic mass is 9.93. The van der Waals surface area contributed by atoms with Crippen molar-refractivity contribution in [2.24, 2.45) is 0 Å². The average Bonchev–Trinajstić information content (AvgIpc) is 3.16. The van der Waals surface area contributed by atoms with Crippen molar-refractivity contribution in [1.29, 1.82) is 5.26 Å². The summed E-state index contributed by atoms with van der Waals surface area (Å²) in [6, 6.07) is 19.2. The van der Waals surface area contributed by atoms with Gasteiger partial charge in [-0.2, -0.15) is 9.94 Å². The molecule has 0 saturated heterocycles. The first-order chi connectivity index (χ1) is 17.3. The summed E-state index contributed by atoms with van der Waals surface area (Å²) >= 11 is 12.8. The fraction of sp³-hybridized carbons (Fsp3) is 0.0800. The number of hydrogen-bond acceptors (Lipinski definition) is 6. The Balaban J connectivity index is 1.46. The summed E-state index contributed by atoms with van der Waals surface area (Å²) in [5, 5.41) is 15.8.